The molecule has 0 atom stereocenters. The first-order chi connectivity index (χ1) is 8.82. The molecule has 5 nitrogen and oxygen atoms in total. The average molecular weight is 264 g/mol. The highest BCUT2D eigenvalue weighted by atomic mass is 19.1. The molecule has 0 saturated carbocycles. The Hall–Kier alpha value is -2.37. The highest BCUT2D eigenvalue weighted by molar-refractivity contribution is 5.93. The van der Waals surface area contributed by atoms with Crippen molar-refractivity contribution in [2.24, 2.45) is 7.05 Å². The minimum absolute atomic E-state index is 0.0606. The zero-order chi connectivity index (χ0) is 14.3. The van der Waals surface area contributed by atoms with Gasteiger partial charge in [-0.2, -0.15) is 0 Å². The molecule has 0 fully saturated rings. The number of benzene rings is 1. The van der Waals surface area contributed by atoms with Gasteiger partial charge in [0.1, 0.15) is 11.4 Å². The first kappa shape index (κ1) is 13.1. The van der Waals surface area contributed by atoms with Gasteiger partial charge in [-0.15, -0.1) is 0 Å². The third-order valence-electron chi connectivity index (χ3n) is 2.97. The van der Waals surface area contributed by atoms with E-state index in [9.17, 15) is 14.0 Å². The van der Waals surface area contributed by atoms with Gasteiger partial charge in [-0.25, -0.2) is 9.18 Å². The maximum atomic E-state index is 13.9. The Bertz CT molecular complexity index is 735. The Morgan fingerprint density at radius 1 is 1.37 bits per heavy atom. The molecular formula is C13H13FN2O3. The molecule has 0 unspecified atom stereocenters. The fourth-order valence-electron chi connectivity index (χ4n) is 1.99. The van der Waals surface area contributed by atoms with Crippen LogP contribution in [0.4, 0.5) is 10.1 Å². The summed E-state index contributed by atoms with van der Waals surface area (Å²) < 4.78 is 15.4. The van der Waals surface area contributed by atoms with E-state index in [4.69, 9.17) is 5.11 Å². The molecule has 100 valence electrons. The van der Waals surface area contributed by atoms with E-state index >= 15 is 0 Å². The zero-order valence-corrected chi connectivity index (χ0v) is 10.8. The number of aryl methyl sites for hydroxylation is 1. The summed E-state index contributed by atoms with van der Waals surface area (Å²) in [6, 6.07) is 2.61. The maximum absolute atomic E-state index is 13.9. The Balaban J connectivity index is 2.92. The van der Waals surface area contributed by atoms with E-state index < -0.39 is 17.2 Å². The van der Waals surface area contributed by atoms with Crippen LogP contribution < -0.4 is 10.3 Å². The Kier molecular flexibility index (Phi) is 3.01. The van der Waals surface area contributed by atoms with Crippen molar-refractivity contribution in [2.75, 3.05) is 19.0 Å². The predicted octanol–water partition coefficient (Wildman–Crippen LogP) is 1.44. The van der Waals surface area contributed by atoms with Crippen molar-refractivity contribution in [3.8, 4) is 0 Å². The molecule has 6 heteroatoms. The number of nitrogens with zero attached hydrogens (tertiary/aromatic N) is 2. The van der Waals surface area contributed by atoms with E-state index in [-0.39, 0.29) is 10.9 Å². The van der Waals surface area contributed by atoms with Gasteiger partial charge >= 0.3 is 5.97 Å². The molecule has 1 heterocycles. The van der Waals surface area contributed by atoms with Crippen LogP contribution in [0.25, 0.3) is 10.9 Å². The van der Waals surface area contributed by atoms with Crippen LogP contribution in [-0.4, -0.2) is 29.7 Å². The third-order valence-corrected chi connectivity index (χ3v) is 2.97. The van der Waals surface area contributed by atoms with Gasteiger partial charge in [-0.05, 0) is 12.1 Å². The van der Waals surface area contributed by atoms with E-state index in [1.807, 2.05) is 0 Å². The lowest BCUT2D eigenvalue weighted by molar-refractivity contribution is 0.0695. The molecule has 0 amide bonds. The van der Waals surface area contributed by atoms with E-state index in [0.717, 1.165) is 6.07 Å². The average Bonchev–Trinajstić information content (AvgIpc) is 2.32. The minimum Gasteiger partial charge on any atom is -0.477 e. The van der Waals surface area contributed by atoms with Crippen molar-refractivity contribution in [2.45, 2.75) is 0 Å². The number of anilines is 1. The number of carboxylic acids is 1. The number of pyridine rings is 1. The molecule has 0 saturated heterocycles. The first-order valence-corrected chi connectivity index (χ1v) is 5.56. The summed E-state index contributed by atoms with van der Waals surface area (Å²) in [6.45, 7) is 0. The fraction of sp³-hybridized carbons (Fsp3) is 0.231. The maximum Gasteiger partial charge on any atom is 0.341 e. The highest BCUT2D eigenvalue weighted by Crippen LogP contribution is 2.23. The van der Waals surface area contributed by atoms with Gasteiger partial charge in [-0.1, -0.05) is 0 Å². The van der Waals surface area contributed by atoms with Crippen LogP contribution in [0.1, 0.15) is 10.4 Å². The Morgan fingerprint density at radius 3 is 2.53 bits per heavy atom. The zero-order valence-electron chi connectivity index (χ0n) is 10.8. The van der Waals surface area contributed by atoms with Gasteiger partial charge in [0.15, 0.2) is 0 Å². The fourth-order valence-corrected chi connectivity index (χ4v) is 1.99. The molecule has 1 N–H and O–H groups in total. The SMILES string of the molecule is CN(C)c1cc2c(cc1F)c(=O)c(C(=O)O)cn2C. The van der Waals surface area contributed by atoms with Crippen LogP contribution in [0.15, 0.2) is 23.1 Å². The molecule has 0 bridgehead atoms. The van der Waals surface area contributed by atoms with Gasteiger partial charge in [0.2, 0.25) is 5.43 Å². The lowest BCUT2D eigenvalue weighted by atomic mass is 10.1. The van der Waals surface area contributed by atoms with Gasteiger partial charge in [0.25, 0.3) is 0 Å². The second kappa shape index (κ2) is 4.38. The summed E-state index contributed by atoms with van der Waals surface area (Å²) in [6.07, 6.45) is 1.24. The van der Waals surface area contributed by atoms with E-state index in [1.54, 1.807) is 26.0 Å². The summed E-state index contributed by atoms with van der Waals surface area (Å²) in [5.74, 6) is -1.88. The van der Waals surface area contributed by atoms with Crippen LogP contribution >= 0.6 is 0 Å². The minimum atomic E-state index is -1.32. The van der Waals surface area contributed by atoms with Gasteiger partial charge in [0.05, 0.1) is 11.2 Å². The van der Waals surface area contributed by atoms with Crippen molar-refractivity contribution >= 4 is 22.6 Å². The third kappa shape index (κ3) is 2.05. The van der Waals surface area contributed by atoms with Crippen molar-refractivity contribution < 1.29 is 14.3 Å². The van der Waals surface area contributed by atoms with Crippen molar-refractivity contribution in [3.05, 3.63) is 39.9 Å². The summed E-state index contributed by atoms with van der Waals surface area (Å²) in [5, 5.41) is 9.01. The van der Waals surface area contributed by atoms with Crippen molar-refractivity contribution in [3.63, 3.8) is 0 Å². The van der Waals surface area contributed by atoms with Crippen LogP contribution in [0.3, 0.4) is 0 Å². The van der Waals surface area contributed by atoms with Crippen LogP contribution in [0.2, 0.25) is 0 Å². The summed E-state index contributed by atoms with van der Waals surface area (Å²) in [7, 11) is 4.99. The second-order valence-electron chi connectivity index (χ2n) is 4.50. The molecule has 19 heavy (non-hydrogen) atoms. The summed E-state index contributed by atoms with van der Waals surface area (Å²) in [4.78, 5) is 24.5. The number of hydrogen-bond acceptors (Lipinski definition) is 3. The number of rotatable bonds is 2. The quantitative estimate of drug-likeness (QED) is 0.891. The van der Waals surface area contributed by atoms with E-state index in [2.05, 4.69) is 0 Å². The molecule has 2 aromatic rings. The molecule has 0 aliphatic rings. The van der Waals surface area contributed by atoms with Crippen LogP contribution in [-0.2, 0) is 7.05 Å². The number of hydrogen-bond donors (Lipinski definition) is 1. The summed E-state index contributed by atoms with van der Waals surface area (Å²) >= 11 is 0. The lowest BCUT2D eigenvalue weighted by Gasteiger charge is -2.16. The molecule has 0 aliphatic carbocycles. The van der Waals surface area contributed by atoms with Crippen molar-refractivity contribution in [1.82, 2.24) is 4.57 Å². The number of carbonyl (C=O) groups is 1. The molecule has 0 spiro atoms. The van der Waals surface area contributed by atoms with E-state index in [1.165, 1.54) is 16.8 Å². The molecule has 1 aromatic carbocycles. The molecule has 0 radical (unpaired) electrons. The topological polar surface area (TPSA) is 62.5 Å². The largest absolute Gasteiger partial charge is 0.477 e. The molecule has 0 aliphatic heterocycles. The van der Waals surface area contributed by atoms with Gasteiger partial charge in [-0.3, -0.25) is 4.79 Å². The second-order valence-corrected chi connectivity index (χ2v) is 4.50. The van der Waals surface area contributed by atoms with Gasteiger partial charge in [0, 0.05) is 32.7 Å². The van der Waals surface area contributed by atoms with Crippen molar-refractivity contribution in [1.29, 1.82) is 0 Å². The van der Waals surface area contributed by atoms with Gasteiger partial charge < -0.3 is 14.6 Å². The smallest absolute Gasteiger partial charge is 0.341 e. The first-order valence-electron chi connectivity index (χ1n) is 5.56. The number of aromatic nitrogens is 1. The number of halogens is 1. The lowest BCUT2D eigenvalue weighted by Crippen LogP contribution is -2.19. The number of aromatic carboxylic acids is 1. The molecule has 1 aromatic heterocycles. The Labute approximate surface area is 108 Å². The molecule has 2 rings (SSSR count). The van der Waals surface area contributed by atoms with Crippen LogP contribution in [0, 0.1) is 5.82 Å². The number of carboxylic acid groups (broad SMARTS) is 1. The monoisotopic (exact) mass is 264 g/mol. The standard InChI is InChI=1S/C13H13FN2O3/c1-15(2)11-5-10-7(4-9(11)14)12(17)8(13(18)19)6-16(10)3/h4-6H,1-3H3,(H,18,19). The van der Waals surface area contributed by atoms with E-state index in [0.29, 0.717) is 11.2 Å². The molecular weight excluding hydrogens is 251 g/mol. The number of fused-ring (bicyclic) bond motifs is 1. The highest BCUT2D eigenvalue weighted by Gasteiger charge is 2.16. The predicted molar refractivity (Wildman–Crippen MR) is 70.4 cm³/mol. The normalized spacial score (nSPS) is 10.7. The Morgan fingerprint density at radius 2 is 2.00 bits per heavy atom. The summed E-state index contributed by atoms with van der Waals surface area (Å²) in [5.41, 5.74) is -0.220. The van der Waals surface area contributed by atoms with Crippen LogP contribution in [0.5, 0.6) is 0 Å².